The van der Waals surface area contributed by atoms with Gasteiger partial charge in [-0.05, 0) is 32.1 Å². The van der Waals surface area contributed by atoms with Crippen LogP contribution < -0.4 is 0 Å². The summed E-state index contributed by atoms with van der Waals surface area (Å²) in [7, 11) is 4.18. The maximum Gasteiger partial charge on any atom is 0.0230 e. The van der Waals surface area contributed by atoms with E-state index in [2.05, 4.69) is 64.0 Å². The minimum atomic E-state index is 1.03. The molecule has 1 heteroatoms. The van der Waals surface area contributed by atoms with Crippen LogP contribution in [-0.4, -0.2) is 19.0 Å². The van der Waals surface area contributed by atoms with Crippen molar-refractivity contribution in [1.29, 1.82) is 0 Å². The van der Waals surface area contributed by atoms with Crippen LogP contribution >= 0.6 is 0 Å². The molecule has 0 unspecified atom stereocenters. The number of hydrogen-bond acceptors (Lipinski definition) is 1. The highest BCUT2D eigenvalue weighted by atomic mass is 15.0. The molecule has 14 heavy (non-hydrogen) atoms. The van der Waals surface area contributed by atoms with E-state index in [-0.39, 0.29) is 0 Å². The minimum absolute atomic E-state index is 1.03. The number of hydrogen-bond donors (Lipinski definition) is 0. The summed E-state index contributed by atoms with van der Waals surface area (Å²) < 4.78 is 0. The number of rotatable bonds is 2. The number of nitrogens with zero attached hydrogens (tertiary/aromatic N) is 1. The molecule has 0 atom stereocenters. The first-order chi connectivity index (χ1) is 6.61. The molecule has 1 rings (SSSR count). The summed E-state index contributed by atoms with van der Waals surface area (Å²) in [4.78, 5) is 2.18. The Morgan fingerprint density at radius 2 is 1.57 bits per heavy atom. The maximum absolute atomic E-state index is 2.18. The van der Waals surface area contributed by atoms with Gasteiger partial charge < -0.3 is 4.90 Å². The van der Waals surface area contributed by atoms with Crippen LogP contribution in [0, 0.1) is 6.92 Å². The van der Waals surface area contributed by atoms with Gasteiger partial charge in [0, 0.05) is 6.54 Å². The van der Waals surface area contributed by atoms with Gasteiger partial charge in [0.1, 0.15) is 0 Å². The molecule has 0 aliphatic heterocycles. The molecule has 0 amide bonds. The lowest BCUT2D eigenvalue weighted by molar-refractivity contribution is 0.401. The van der Waals surface area contributed by atoms with Crippen molar-refractivity contribution in [1.82, 2.24) is 4.90 Å². The Bertz CT molecular complexity index is 241. The fourth-order valence-corrected chi connectivity index (χ4v) is 1.13. The van der Waals surface area contributed by atoms with Crippen LogP contribution in [0.25, 0.3) is 0 Å². The van der Waals surface area contributed by atoms with Gasteiger partial charge in [-0.1, -0.05) is 44.5 Å². The van der Waals surface area contributed by atoms with Crippen molar-refractivity contribution in [3.63, 3.8) is 0 Å². The van der Waals surface area contributed by atoms with Crippen LogP contribution in [0.4, 0.5) is 0 Å². The van der Waals surface area contributed by atoms with Gasteiger partial charge in [-0.15, -0.1) is 0 Å². The Morgan fingerprint density at radius 1 is 1.07 bits per heavy atom. The third-order valence-corrected chi connectivity index (χ3v) is 1.75. The van der Waals surface area contributed by atoms with Crippen LogP contribution in [0.1, 0.15) is 31.4 Å². The molecule has 0 radical (unpaired) electrons. The second-order valence-electron chi connectivity index (χ2n) is 3.87. The third kappa shape index (κ3) is 5.76. The smallest absolute Gasteiger partial charge is 0.0230 e. The lowest BCUT2D eigenvalue weighted by Crippen LogP contribution is -2.11. The molecule has 0 aliphatic rings. The molecule has 0 bridgehead atoms. The van der Waals surface area contributed by atoms with Crippen molar-refractivity contribution < 1.29 is 0 Å². The third-order valence-electron chi connectivity index (χ3n) is 1.75. The molecule has 1 nitrogen and oxygen atoms in total. The van der Waals surface area contributed by atoms with E-state index in [1.165, 1.54) is 17.5 Å². The second kappa shape index (κ2) is 7.57. The van der Waals surface area contributed by atoms with Gasteiger partial charge in [-0.3, -0.25) is 0 Å². The van der Waals surface area contributed by atoms with E-state index in [9.17, 15) is 0 Å². The predicted octanol–water partition coefficient (Wildman–Crippen LogP) is 3.47. The fraction of sp³-hybridized carbons (Fsp3) is 0.538. The van der Waals surface area contributed by atoms with E-state index in [4.69, 9.17) is 0 Å². The van der Waals surface area contributed by atoms with E-state index in [1.807, 2.05) is 0 Å². The first kappa shape index (κ1) is 13.2. The summed E-state index contributed by atoms with van der Waals surface area (Å²) in [6.45, 7) is 7.44. The summed E-state index contributed by atoms with van der Waals surface area (Å²) in [6.07, 6.45) is 1.25. The monoisotopic (exact) mass is 193 g/mol. The maximum atomic E-state index is 2.18. The van der Waals surface area contributed by atoms with E-state index in [0.29, 0.717) is 0 Å². The molecule has 0 N–H and O–H groups in total. The van der Waals surface area contributed by atoms with E-state index >= 15 is 0 Å². The van der Waals surface area contributed by atoms with Gasteiger partial charge >= 0.3 is 0 Å². The summed E-state index contributed by atoms with van der Waals surface area (Å²) in [5.74, 6) is 0. The lowest BCUT2D eigenvalue weighted by Gasteiger charge is -2.11. The predicted molar refractivity (Wildman–Crippen MR) is 64.5 cm³/mol. The Balaban J connectivity index is 0.000000500. The summed E-state index contributed by atoms with van der Waals surface area (Å²) in [5.41, 5.74) is 2.79. The Hall–Kier alpha value is -0.820. The highest BCUT2D eigenvalue weighted by Crippen LogP contribution is 2.07. The van der Waals surface area contributed by atoms with E-state index < -0.39 is 0 Å². The van der Waals surface area contributed by atoms with Crippen LogP contribution in [0.3, 0.4) is 0 Å². The van der Waals surface area contributed by atoms with Gasteiger partial charge in [0.15, 0.2) is 0 Å². The molecular formula is C13H23N. The molecule has 1 aromatic rings. The van der Waals surface area contributed by atoms with Gasteiger partial charge in [-0.2, -0.15) is 0 Å². The Morgan fingerprint density at radius 3 is 2.00 bits per heavy atom. The topological polar surface area (TPSA) is 3.24 Å². The summed E-state index contributed by atoms with van der Waals surface area (Å²) in [5, 5.41) is 0. The van der Waals surface area contributed by atoms with E-state index in [0.717, 1.165) is 6.54 Å². The quantitative estimate of drug-likeness (QED) is 0.695. The van der Waals surface area contributed by atoms with Gasteiger partial charge in [0.2, 0.25) is 0 Å². The normalized spacial score (nSPS) is 9.57. The zero-order chi connectivity index (χ0) is 11.0. The van der Waals surface area contributed by atoms with Crippen LogP contribution in [-0.2, 0) is 6.54 Å². The van der Waals surface area contributed by atoms with Gasteiger partial charge in [0.25, 0.3) is 0 Å². The molecule has 0 saturated carbocycles. The van der Waals surface area contributed by atoms with Crippen LogP contribution in [0.2, 0.25) is 0 Å². The minimum Gasteiger partial charge on any atom is -0.305 e. The SMILES string of the molecule is CCC.Cc1ccccc1CN(C)C. The highest BCUT2D eigenvalue weighted by Gasteiger charge is 1.96. The zero-order valence-corrected chi connectivity index (χ0v) is 10.2. The molecule has 80 valence electrons. The van der Waals surface area contributed by atoms with Crippen molar-refractivity contribution in [2.24, 2.45) is 0 Å². The van der Waals surface area contributed by atoms with Crippen molar-refractivity contribution in [3.05, 3.63) is 35.4 Å². The summed E-state index contributed by atoms with van der Waals surface area (Å²) in [6, 6.07) is 8.49. The molecule has 0 heterocycles. The van der Waals surface area contributed by atoms with Crippen molar-refractivity contribution in [2.75, 3.05) is 14.1 Å². The fourth-order valence-electron chi connectivity index (χ4n) is 1.13. The molecule has 1 aromatic carbocycles. The number of benzene rings is 1. The van der Waals surface area contributed by atoms with Crippen molar-refractivity contribution >= 4 is 0 Å². The van der Waals surface area contributed by atoms with Gasteiger partial charge in [0.05, 0.1) is 0 Å². The molecule has 0 saturated heterocycles. The zero-order valence-electron chi connectivity index (χ0n) is 10.2. The Labute approximate surface area is 88.8 Å². The molecule has 0 spiro atoms. The largest absolute Gasteiger partial charge is 0.305 e. The van der Waals surface area contributed by atoms with Crippen LogP contribution in [0.5, 0.6) is 0 Å². The molecule has 0 fully saturated rings. The second-order valence-corrected chi connectivity index (χ2v) is 3.87. The number of aryl methyl sites for hydroxylation is 1. The first-order valence-electron chi connectivity index (χ1n) is 5.31. The summed E-state index contributed by atoms with van der Waals surface area (Å²) >= 11 is 0. The van der Waals surface area contributed by atoms with Crippen molar-refractivity contribution in [3.8, 4) is 0 Å². The van der Waals surface area contributed by atoms with Gasteiger partial charge in [-0.25, -0.2) is 0 Å². The van der Waals surface area contributed by atoms with Crippen molar-refractivity contribution in [2.45, 2.75) is 33.7 Å². The molecule has 0 aromatic heterocycles. The highest BCUT2D eigenvalue weighted by molar-refractivity contribution is 5.25. The standard InChI is InChI=1S/C10H15N.C3H8/c1-9-6-4-5-7-10(9)8-11(2)3;1-3-2/h4-7H,8H2,1-3H3;3H2,1-2H3. The lowest BCUT2D eigenvalue weighted by atomic mass is 10.1. The average Bonchev–Trinajstić information content (AvgIpc) is 2.09. The van der Waals surface area contributed by atoms with E-state index in [1.54, 1.807) is 0 Å². The average molecular weight is 193 g/mol. The Kier molecular flexibility index (Phi) is 7.13. The van der Waals surface area contributed by atoms with Crippen LogP contribution in [0.15, 0.2) is 24.3 Å². The molecular weight excluding hydrogens is 170 g/mol. The first-order valence-corrected chi connectivity index (χ1v) is 5.31. The molecule has 0 aliphatic carbocycles.